The van der Waals surface area contributed by atoms with Gasteiger partial charge in [0.25, 0.3) is 0 Å². The molecule has 0 heterocycles. The van der Waals surface area contributed by atoms with Gasteiger partial charge in [0.15, 0.2) is 0 Å². The molecule has 0 aromatic heterocycles. The number of rotatable bonds is 7. The summed E-state index contributed by atoms with van der Waals surface area (Å²) in [7, 11) is 1.62. The summed E-state index contributed by atoms with van der Waals surface area (Å²) >= 11 is 12.1. The Hall–Kier alpha value is -1.75. The van der Waals surface area contributed by atoms with E-state index in [1.54, 1.807) is 19.2 Å². The van der Waals surface area contributed by atoms with Crippen molar-refractivity contribution in [3.8, 4) is 5.75 Å². The first-order valence-electron chi connectivity index (χ1n) is 7.57. The molecule has 0 radical (unpaired) electrons. The van der Waals surface area contributed by atoms with Crippen molar-refractivity contribution in [1.29, 1.82) is 0 Å². The summed E-state index contributed by atoms with van der Waals surface area (Å²) in [6.45, 7) is 2.63. The molecule has 1 atom stereocenters. The van der Waals surface area contributed by atoms with Crippen molar-refractivity contribution in [3.05, 3.63) is 63.6 Å². The monoisotopic (exact) mass is 366 g/mol. The van der Waals surface area contributed by atoms with Gasteiger partial charge in [-0.2, -0.15) is 0 Å². The fourth-order valence-corrected chi connectivity index (χ4v) is 2.79. The number of methoxy groups -OCH3 is 1. The molecule has 128 valence electrons. The molecule has 4 nitrogen and oxygen atoms in total. The van der Waals surface area contributed by atoms with E-state index in [4.69, 9.17) is 27.9 Å². The highest BCUT2D eigenvalue weighted by Crippen LogP contribution is 2.25. The number of hydrogen-bond donors (Lipinski definition) is 2. The van der Waals surface area contributed by atoms with Crippen LogP contribution in [0.25, 0.3) is 0 Å². The fraction of sp³-hybridized carbons (Fsp3) is 0.278. The molecule has 0 unspecified atom stereocenters. The second-order valence-electron chi connectivity index (χ2n) is 5.39. The van der Waals surface area contributed by atoms with Gasteiger partial charge < -0.3 is 15.4 Å². The molecule has 1 amide bonds. The first-order chi connectivity index (χ1) is 11.5. The van der Waals surface area contributed by atoms with Gasteiger partial charge in [0, 0.05) is 22.6 Å². The number of carbonyl (C=O) groups is 1. The van der Waals surface area contributed by atoms with E-state index in [2.05, 4.69) is 10.6 Å². The van der Waals surface area contributed by atoms with E-state index in [0.717, 1.165) is 16.9 Å². The summed E-state index contributed by atoms with van der Waals surface area (Å²) in [5.41, 5.74) is 1.92. The number of ether oxygens (including phenoxy) is 1. The number of halogens is 2. The van der Waals surface area contributed by atoms with E-state index in [1.807, 2.05) is 37.3 Å². The topological polar surface area (TPSA) is 50.4 Å². The Morgan fingerprint density at radius 2 is 1.88 bits per heavy atom. The summed E-state index contributed by atoms with van der Waals surface area (Å²) in [6, 6.07) is 12.9. The van der Waals surface area contributed by atoms with E-state index in [-0.39, 0.29) is 18.5 Å². The number of nitrogens with one attached hydrogen (secondary N) is 2. The normalized spacial score (nSPS) is 11.8. The van der Waals surface area contributed by atoms with Crippen LogP contribution in [-0.2, 0) is 11.3 Å². The van der Waals surface area contributed by atoms with Crippen molar-refractivity contribution in [2.24, 2.45) is 0 Å². The maximum atomic E-state index is 12.0. The number of hydrogen-bond acceptors (Lipinski definition) is 3. The van der Waals surface area contributed by atoms with Crippen LogP contribution in [-0.4, -0.2) is 19.6 Å². The number of carbonyl (C=O) groups excluding carboxylic acids is 1. The van der Waals surface area contributed by atoms with Crippen LogP contribution in [0.3, 0.4) is 0 Å². The Morgan fingerprint density at radius 3 is 2.50 bits per heavy atom. The molecule has 2 aromatic rings. The zero-order valence-corrected chi connectivity index (χ0v) is 15.1. The maximum Gasteiger partial charge on any atom is 0.234 e. The summed E-state index contributed by atoms with van der Waals surface area (Å²) in [5.74, 6) is 0.711. The van der Waals surface area contributed by atoms with E-state index in [9.17, 15) is 4.79 Å². The Morgan fingerprint density at radius 1 is 1.17 bits per heavy atom. The van der Waals surface area contributed by atoms with Crippen molar-refractivity contribution in [2.75, 3.05) is 13.7 Å². The molecule has 0 fully saturated rings. The average molecular weight is 367 g/mol. The standard InChI is InChI=1S/C18H20Cl2N2O2/c1-12(16-8-5-14(19)9-17(16)20)21-11-18(23)22-10-13-3-6-15(24-2)7-4-13/h3-9,12,21H,10-11H2,1-2H3,(H,22,23)/t12-/m1/s1. The SMILES string of the molecule is COc1ccc(CNC(=O)CN[C@H](C)c2ccc(Cl)cc2Cl)cc1. The smallest absolute Gasteiger partial charge is 0.234 e. The quantitative estimate of drug-likeness (QED) is 0.779. The molecular weight excluding hydrogens is 347 g/mol. The third kappa shape index (κ3) is 5.41. The third-order valence-electron chi connectivity index (χ3n) is 3.65. The third-order valence-corrected chi connectivity index (χ3v) is 4.21. The van der Waals surface area contributed by atoms with E-state index in [1.165, 1.54) is 0 Å². The molecule has 0 aliphatic heterocycles. The fourth-order valence-electron chi connectivity index (χ4n) is 2.21. The van der Waals surface area contributed by atoms with Crippen molar-refractivity contribution in [3.63, 3.8) is 0 Å². The summed E-state index contributed by atoms with van der Waals surface area (Å²) < 4.78 is 5.10. The van der Waals surface area contributed by atoms with Crippen LogP contribution in [0.5, 0.6) is 5.75 Å². The lowest BCUT2D eigenvalue weighted by atomic mass is 10.1. The Balaban J connectivity index is 1.79. The predicted molar refractivity (Wildman–Crippen MR) is 97.7 cm³/mol. The Labute approximate surface area is 152 Å². The van der Waals surface area contributed by atoms with Crippen LogP contribution in [0.15, 0.2) is 42.5 Å². The van der Waals surface area contributed by atoms with Crippen molar-refractivity contribution < 1.29 is 9.53 Å². The highest BCUT2D eigenvalue weighted by Gasteiger charge is 2.11. The molecule has 0 spiro atoms. The maximum absolute atomic E-state index is 12.0. The van der Waals surface area contributed by atoms with Gasteiger partial charge in [0.05, 0.1) is 13.7 Å². The molecule has 0 aliphatic rings. The Bertz CT molecular complexity index is 690. The highest BCUT2D eigenvalue weighted by molar-refractivity contribution is 6.35. The molecule has 2 rings (SSSR count). The van der Waals surface area contributed by atoms with Gasteiger partial charge in [-0.05, 0) is 42.3 Å². The van der Waals surface area contributed by atoms with Crippen molar-refractivity contribution >= 4 is 29.1 Å². The van der Waals surface area contributed by atoms with Crippen LogP contribution in [0.4, 0.5) is 0 Å². The second-order valence-corrected chi connectivity index (χ2v) is 6.24. The number of amides is 1. The van der Waals surface area contributed by atoms with E-state index < -0.39 is 0 Å². The van der Waals surface area contributed by atoms with Crippen LogP contribution in [0.2, 0.25) is 10.0 Å². The van der Waals surface area contributed by atoms with Gasteiger partial charge in [0.2, 0.25) is 5.91 Å². The lowest BCUT2D eigenvalue weighted by Crippen LogP contribution is -2.34. The molecule has 0 bridgehead atoms. The van der Waals surface area contributed by atoms with Crippen LogP contribution in [0, 0.1) is 0 Å². The average Bonchev–Trinajstić information content (AvgIpc) is 2.58. The van der Waals surface area contributed by atoms with Gasteiger partial charge in [-0.1, -0.05) is 41.4 Å². The predicted octanol–water partition coefficient (Wildman–Crippen LogP) is 3.97. The first-order valence-corrected chi connectivity index (χ1v) is 8.33. The molecule has 24 heavy (non-hydrogen) atoms. The van der Waals surface area contributed by atoms with E-state index in [0.29, 0.717) is 16.6 Å². The minimum atomic E-state index is -0.0808. The number of benzene rings is 2. The molecule has 0 aliphatic carbocycles. The minimum Gasteiger partial charge on any atom is -0.497 e. The highest BCUT2D eigenvalue weighted by atomic mass is 35.5. The van der Waals surface area contributed by atoms with Crippen molar-refractivity contribution in [1.82, 2.24) is 10.6 Å². The molecule has 6 heteroatoms. The molecule has 0 saturated heterocycles. The van der Waals surface area contributed by atoms with Crippen LogP contribution in [0.1, 0.15) is 24.1 Å². The van der Waals surface area contributed by atoms with Crippen molar-refractivity contribution in [2.45, 2.75) is 19.5 Å². The van der Waals surface area contributed by atoms with Gasteiger partial charge in [-0.25, -0.2) is 0 Å². The minimum absolute atomic E-state index is 0.0542. The van der Waals surface area contributed by atoms with Crippen LogP contribution < -0.4 is 15.4 Å². The van der Waals surface area contributed by atoms with Gasteiger partial charge in [-0.3, -0.25) is 4.79 Å². The van der Waals surface area contributed by atoms with Crippen LogP contribution >= 0.6 is 23.2 Å². The van der Waals surface area contributed by atoms with Gasteiger partial charge >= 0.3 is 0 Å². The molecule has 2 N–H and O–H groups in total. The summed E-state index contributed by atoms with van der Waals surface area (Å²) in [5, 5.41) is 7.20. The van der Waals surface area contributed by atoms with Gasteiger partial charge in [0.1, 0.15) is 5.75 Å². The lowest BCUT2D eigenvalue weighted by Gasteiger charge is -2.16. The molecule has 0 saturated carbocycles. The zero-order valence-electron chi connectivity index (χ0n) is 13.6. The molecule has 2 aromatic carbocycles. The van der Waals surface area contributed by atoms with E-state index >= 15 is 0 Å². The summed E-state index contributed by atoms with van der Waals surface area (Å²) in [6.07, 6.45) is 0. The van der Waals surface area contributed by atoms with Gasteiger partial charge in [-0.15, -0.1) is 0 Å². The second kappa shape index (κ2) is 8.92. The Kier molecular flexibility index (Phi) is 6.91. The summed E-state index contributed by atoms with van der Waals surface area (Å²) in [4.78, 5) is 12.0. The largest absolute Gasteiger partial charge is 0.497 e. The molecular formula is C18H20Cl2N2O2. The lowest BCUT2D eigenvalue weighted by molar-refractivity contribution is -0.120. The first kappa shape index (κ1) is 18.6. The zero-order chi connectivity index (χ0) is 17.5.